The average molecular weight is 318 g/mol. The molecular formula is C23H26O. The van der Waals surface area contributed by atoms with Gasteiger partial charge in [0.25, 0.3) is 0 Å². The van der Waals surface area contributed by atoms with Gasteiger partial charge in [-0.25, -0.2) is 0 Å². The van der Waals surface area contributed by atoms with Crippen molar-refractivity contribution in [1.82, 2.24) is 0 Å². The second-order valence-corrected chi connectivity index (χ2v) is 6.34. The van der Waals surface area contributed by atoms with E-state index in [1.807, 2.05) is 6.07 Å². The molecule has 0 saturated carbocycles. The lowest BCUT2D eigenvalue weighted by molar-refractivity contribution is 0.117. The highest BCUT2D eigenvalue weighted by Gasteiger charge is 2.00. The second-order valence-electron chi connectivity index (χ2n) is 6.34. The van der Waals surface area contributed by atoms with Crippen molar-refractivity contribution in [3.05, 3.63) is 83.9 Å². The zero-order valence-corrected chi connectivity index (χ0v) is 14.3. The predicted molar refractivity (Wildman–Crippen MR) is 102 cm³/mol. The topological polar surface area (TPSA) is 9.23 Å². The van der Waals surface area contributed by atoms with Gasteiger partial charge in [0.2, 0.25) is 0 Å². The molecule has 3 aromatic rings. The summed E-state index contributed by atoms with van der Waals surface area (Å²) in [5.74, 6) is 0. The van der Waals surface area contributed by atoms with Crippen molar-refractivity contribution in [3.63, 3.8) is 0 Å². The van der Waals surface area contributed by atoms with Gasteiger partial charge < -0.3 is 4.74 Å². The highest BCUT2D eigenvalue weighted by atomic mass is 16.5. The molecule has 0 aromatic heterocycles. The van der Waals surface area contributed by atoms with E-state index in [1.165, 1.54) is 47.6 Å². The molecule has 0 spiro atoms. The van der Waals surface area contributed by atoms with Crippen molar-refractivity contribution in [3.8, 4) is 0 Å². The first-order valence-electron chi connectivity index (χ1n) is 9.02. The number of fused-ring (bicyclic) bond motifs is 1. The van der Waals surface area contributed by atoms with Crippen LogP contribution in [0.5, 0.6) is 0 Å². The third-order valence-electron chi connectivity index (χ3n) is 4.48. The van der Waals surface area contributed by atoms with E-state index >= 15 is 0 Å². The number of benzene rings is 3. The minimum atomic E-state index is 0.733. The maximum atomic E-state index is 5.74. The molecule has 0 bridgehead atoms. The summed E-state index contributed by atoms with van der Waals surface area (Å²) in [5, 5.41) is 2.76. The van der Waals surface area contributed by atoms with Gasteiger partial charge in [0.15, 0.2) is 0 Å². The van der Waals surface area contributed by atoms with Crippen molar-refractivity contribution in [1.29, 1.82) is 0 Å². The normalized spacial score (nSPS) is 11.0. The third-order valence-corrected chi connectivity index (χ3v) is 4.48. The molecule has 0 unspecified atom stereocenters. The summed E-state index contributed by atoms with van der Waals surface area (Å²) in [5.41, 5.74) is 2.74. The van der Waals surface area contributed by atoms with Crippen LogP contribution in [0.1, 0.15) is 36.8 Å². The predicted octanol–water partition coefficient (Wildman–Crippen LogP) is 6.16. The van der Waals surface area contributed by atoms with Gasteiger partial charge in [-0.1, -0.05) is 85.6 Å². The summed E-state index contributed by atoms with van der Waals surface area (Å²) in [6.45, 7) is 1.60. The Morgan fingerprint density at radius 2 is 1.38 bits per heavy atom. The number of ether oxygens (including phenoxy) is 1. The summed E-state index contributed by atoms with van der Waals surface area (Å²) >= 11 is 0. The Morgan fingerprint density at radius 1 is 0.625 bits per heavy atom. The smallest absolute Gasteiger partial charge is 0.0716 e. The van der Waals surface area contributed by atoms with Crippen molar-refractivity contribution in [2.24, 2.45) is 0 Å². The zero-order valence-electron chi connectivity index (χ0n) is 14.3. The SMILES string of the molecule is c1ccc(COCCCCCCc2cccc3ccccc23)cc1. The molecule has 0 N–H and O–H groups in total. The quantitative estimate of drug-likeness (QED) is 0.429. The maximum Gasteiger partial charge on any atom is 0.0716 e. The lowest BCUT2D eigenvalue weighted by atomic mass is 9.99. The largest absolute Gasteiger partial charge is 0.377 e. The number of hydrogen-bond donors (Lipinski definition) is 0. The molecule has 0 aliphatic heterocycles. The molecule has 24 heavy (non-hydrogen) atoms. The van der Waals surface area contributed by atoms with Crippen molar-refractivity contribution in [2.45, 2.75) is 38.7 Å². The van der Waals surface area contributed by atoms with Gasteiger partial charge in [-0.2, -0.15) is 0 Å². The van der Waals surface area contributed by atoms with Gasteiger partial charge >= 0.3 is 0 Å². The van der Waals surface area contributed by atoms with Crippen LogP contribution in [-0.2, 0) is 17.8 Å². The first-order chi connectivity index (χ1) is 11.9. The molecule has 3 rings (SSSR count). The summed E-state index contributed by atoms with van der Waals surface area (Å²) < 4.78 is 5.74. The molecular weight excluding hydrogens is 292 g/mol. The summed E-state index contributed by atoms with van der Waals surface area (Å²) in [4.78, 5) is 0. The number of aryl methyl sites for hydroxylation is 1. The Kier molecular flexibility index (Phi) is 6.44. The van der Waals surface area contributed by atoms with Crippen LogP contribution in [0.3, 0.4) is 0 Å². The van der Waals surface area contributed by atoms with E-state index in [0.29, 0.717) is 0 Å². The molecule has 1 nitrogen and oxygen atoms in total. The molecule has 124 valence electrons. The van der Waals surface area contributed by atoms with E-state index in [0.717, 1.165) is 19.6 Å². The minimum Gasteiger partial charge on any atom is -0.377 e. The molecule has 0 amide bonds. The van der Waals surface area contributed by atoms with Gasteiger partial charge in [0.05, 0.1) is 6.61 Å². The van der Waals surface area contributed by atoms with Gasteiger partial charge in [-0.3, -0.25) is 0 Å². The minimum absolute atomic E-state index is 0.733. The van der Waals surface area contributed by atoms with Crippen LogP contribution in [0.15, 0.2) is 72.8 Å². The summed E-state index contributed by atoms with van der Waals surface area (Å²) in [6, 6.07) is 25.7. The van der Waals surface area contributed by atoms with Crippen LogP contribution < -0.4 is 0 Å². The molecule has 0 saturated heterocycles. The van der Waals surface area contributed by atoms with Gasteiger partial charge in [-0.15, -0.1) is 0 Å². The number of rotatable bonds is 9. The van der Waals surface area contributed by atoms with Crippen LogP contribution in [0.25, 0.3) is 10.8 Å². The van der Waals surface area contributed by atoms with E-state index in [1.54, 1.807) is 0 Å². The molecule has 0 heterocycles. The first kappa shape index (κ1) is 16.7. The van der Waals surface area contributed by atoms with Crippen molar-refractivity contribution >= 4 is 10.8 Å². The fourth-order valence-corrected chi connectivity index (χ4v) is 3.15. The van der Waals surface area contributed by atoms with Gasteiger partial charge in [-0.05, 0) is 41.2 Å². The lowest BCUT2D eigenvalue weighted by Crippen LogP contribution is -1.96. The number of unbranched alkanes of at least 4 members (excludes halogenated alkanes) is 3. The molecule has 0 radical (unpaired) electrons. The van der Waals surface area contributed by atoms with Gasteiger partial charge in [0, 0.05) is 6.61 Å². The molecule has 0 aliphatic rings. The highest BCUT2D eigenvalue weighted by Crippen LogP contribution is 2.20. The molecule has 1 heteroatoms. The molecule has 0 atom stereocenters. The fourth-order valence-electron chi connectivity index (χ4n) is 3.15. The molecule has 0 fully saturated rings. The summed E-state index contributed by atoms with van der Waals surface area (Å²) in [6.07, 6.45) is 6.11. The summed E-state index contributed by atoms with van der Waals surface area (Å²) in [7, 11) is 0. The first-order valence-corrected chi connectivity index (χ1v) is 9.02. The van der Waals surface area contributed by atoms with E-state index < -0.39 is 0 Å². The van der Waals surface area contributed by atoms with Gasteiger partial charge in [0.1, 0.15) is 0 Å². The van der Waals surface area contributed by atoms with Crippen LogP contribution in [0.2, 0.25) is 0 Å². The maximum absolute atomic E-state index is 5.74. The zero-order chi connectivity index (χ0) is 16.5. The Hall–Kier alpha value is -2.12. The second kappa shape index (κ2) is 9.24. The van der Waals surface area contributed by atoms with Crippen LogP contribution in [0.4, 0.5) is 0 Å². The van der Waals surface area contributed by atoms with E-state index in [9.17, 15) is 0 Å². The Morgan fingerprint density at radius 3 is 2.29 bits per heavy atom. The lowest BCUT2D eigenvalue weighted by Gasteiger charge is -2.07. The van der Waals surface area contributed by atoms with Crippen LogP contribution in [0, 0.1) is 0 Å². The third kappa shape index (κ3) is 4.94. The monoisotopic (exact) mass is 318 g/mol. The van der Waals surface area contributed by atoms with E-state index in [4.69, 9.17) is 4.74 Å². The molecule has 3 aromatic carbocycles. The fraction of sp³-hybridized carbons (Fsp3) is 0.304. The average Bonchev–Trinajstić information content (AvgIpc) is 2.65. The van der Waals surface area contributed by atoms with Crippen molar-refractivity contribution in [2.75, 3.05) is 6.61 Å². The van der Waals surface area contributed by atoms with Crippen molar-refractivity contribution < 1.29 is 4.74 Å². The Labute approximate surface area is 145 Å². The highest BCUT2D eigenvalue weighted by molar-refractivity contribution is 5.85. The van der Waals surface area contributed by atoms with E-state index in [-0.39, 0.29) is 0 Å². The van der Waals surface area contributed by atoms with Crippen LogP contribution in [-0.4, -0.2) is 6.61 Å². The van der Waals surface area contributed by atoms with Crippen LogP contribution >= 0.6 is 0 Å². The number of hydrogen-bond acceptors (Lipinski definition) is 1. The van der Waals surface area contributed by atoms with E-state index in [2.05, 4.69) is 66.7 Å². The molecule has 0 aliphatic carbocycles. The Bertz CT molecular complexity index is 728. The Balaban J connectivity index is 1.31. The standard InChI is InChI=1S/C23H26O/c1(2-9-18-24-19-20-11-4-3-5-12-20)6-13-21-15-10-16-22-14-7-8-17-23(21)22/h3-5,7-8,10-12,14-17H,1-2,6,9,13,18-19H2.